The number of nitrogens with one attached hydrogen (secondary N) is 1. The normalized spacial score (nSPS) is 32.5. The van der Waals surface area contributed by atoms with Crippen molar-refractivity contribution in [2.24, 2.45) is 16.7 Å². The molecular formula is C19H21N3O6-2. The summed E-state index contributed by atoms with van der Waals surface area (Å²) in [5.41, 5.74) is -3.93. The molecule has 2 rings (SSSR count). The van der Waals surface area contributed by atoms with Gasteiger partial charge in [0.1, 0.15) is 6.04 Å². The summed E-state index contributed by atoms with van der Waals surface area (Å²) < 4.78 is 0. The van der Waals surface area contributed by atoms with Gasteiger partial charge in [-0.25, -0.2) is 0 Å². The van der Waals surface area contributed by atoms with Crippen molar-refractivity contribution in [2.75, 3.05) is 0 Å². The molecule has 1 heterocycles. The monoisotopic (exact) mass is 387 g/mol. The van der Waals surface area contributed by atoms with E-state index >= 15 is 0 Å². The summed E-state index contributed by atoms with van der Waals surface area (Å²) in [6.07, 6.45) is 0. The molecule has 9 nitrogen and oxygen atoms in total. The average Bonchev–Trinajstić information content (AvgIpc) is 2.61. The van der Waals surface area contributed by atoms with Crippen molar-refractivity contribution in [3.05, 3.63) is 39.9 Å². The number of carboxylic acids is 2. The van der Waals surface area contributed by atoms with Crippen LogP contribution in [0.1, 0.15) is 39.2 Å². The molecule has 0 spiro atoms. The van der Waals surface area contributed by atoms with E-state index in [1.54, 1.807) is 20.8 Å². The summed E-state index contributed by atoms with van der Waals surface area (Å²) in [5.74, 6) is -5.05. The number of nitriles is 1. The van der Waals surface area contributed by atoms with E-state index in [4.69, 9.17) is 0 Å². The molecule has 1 N–H and O–H groups in total. The van der Waals surface area contributed by atoms with Crippen LogP contribution in [0, 0.1) is 38.2 Å². The maximum Gasteiger partial charge on any atom is 0.269 e. The van der Waals surface area contributed by atoms with Gasteiger partial charge in [0.2, 0.25) is 0 Å². The van der Waals surface area contributed by atoms with Crippen molar-refractivity contribution in [1.82, 2.24) is 5.32 Å². The first-order chi connectivity index (χ1) is 12.9. The highest BCUT2D eigenvalue weighted by atomic mass is 16.6. The van der Waals surface area contributed by atoms with Crippen molar-refractivity contribution in [3.8, 4) is 6.07 Å². The number of aliphatic carboxylic acids is 2. The molecule has 5 unspecified atom stereocenters. The summed E-state index contributed by atoms with van der Waals surface area (Å²) >= 11 is 0. The van der Waals surface area contributed by atoms with Crippen LogP contribution in [0.15, 0.2) is 24.3 Å². The molecule has 28 heavy (non-hydrogen) atoms. The Labute approximate surface area is 162 Å². The molecule has 0 amide bonds. The van der Waals surface area contributed by atoms with E-state index in [-0.39, 0.29) is 11.3 Å². The summed E-state index contributed by atoms with van der Waals surface area (Å²) in [5, 5.41) is 48.3. The molecule has 9 heteroatoms. The number of nitro groups is 1. The lowest BCUT2D eigenvalue weighted by Gasteiger charge is -2.61. The highest BCUT2D eigenvalue weighted by molar-refractivity contribution is 5.83. The molecule has 1 aliphatic rings. The van der Waals surface area contributed by atoms with Gasteiger partial charge in [-0.05, 0) is 18.4 Å². The van der Waals surface area contributed by atoms with Crippen LogP contribution in [-0.2, 0) is 9.59 Å². The minimum atomic E-state index is -1.99. The molecule has 1 saturated heterocycles. The van der Waals surface area contributed by atoms with Gasteiger partial charge in [-0.1, -0.05) is 32.9 Å². The molecule has 1 fully saturated rings. The Morgan fingerprint density at radius 1 is 1.29 bits per heavy atom. The average molecular weight is 387 g/mol. The van der Waals surface area contributed by atoms with Gasteiger partial charge in [0, 0.05) is 34.9 Å². The van der Waals surface area contributed by atoms with Crippen LogP contribution >= 0.6 is 0 Å². The molecule has 0 saturated carbocycles. The molecule has 1 aliphatic heterocycles. The first-order valence-electron chi connectivity index (χ1n) is 8.78. The predicted octanol–water partition coefficient (Wildman–Crippen LogP) is -0.289. The van der Waals surface area contributed by atoms with E-state index in [1.807, 2.05) is 6.07 Å². The third-order valence-electron chi connectivity index (χ3n) is 6.10. The fourth-order valence-electron chi connectivity index (χ4n) is 4.68. The molecule has 0 aliphatic carbocycles. The summed E-state index contributed by atoms with van der Waals surface area (Å²) in [7, 11) is 0. The smallest absolute Gasteiger partial charge is 0.269 e. The van der Waals surface area contributed by atoms with Gasteiger partial charge in [-0.15, -0.1) is 0 Å². The molecule has 1 aromatic carbocycles. The quantitative estimate of drug-likeness (QED) is 0.533. The standard InChI is InChI=1S/C19H23N3O6/c1-10(2)19(17(25)26)11(3)21-14(9-20)18(4,16(23)24)15(19)12-6-5-7-13(8-12)22(27)28/h5-8,10-11,14-15,21H,1-4H3,(H,23,24)(H,25,26)/p-2. The van der Waals surface area contributed by atoms with Crippen molar-refractivity contribution in [1.29, 1.82) is 5.26 Å². The van der Waals surface area contributed by atoms with Gasteiger partial charge in [-0.3, -0.25) is 15.4 Å². The minimum Gasteiger partial charge on any atom is -0.549 e. The zero-order valence-electron chi connectivity index (χ0n) is 16.0. The lowest BCUT2D eigenvalue weighted by atomic mass is 9.49. The van der Waals surface area contributed by atoms with Crippen LogP contribution in [0.4, 0.5) is 5.69 Å². The topological polar surface area (TPSA) is 159 Å². The summed E-state index contributed by atoms with van der Waals surface area (Å²) in [6, 6.07) is 4.93. The number of benzene rings is 1. The number of nitro benzene ring substituents is 1. The van der Waals surface area contributed by atoms with Gasteiger partial charge in [-0.2, -0.15) is 5.26 Å². The van der Waals surface area contributed by atoms with E-state index in [1.165, 1.54) is 25.1 Å². The summed E-state index contributed by atoms with van der Waals surface area (Å²) in [4.78, 5) is 35.3. The van der Waals surface area contributed by atoms with Crippen molar-refractivity contribution in [3.63, 3.8) is 0 Å². The lowest BCUT2D eigenvalue weighted by molar-refractivity contribution is -0.385. The first kappa shape index (κ1) is 21.3. The Morgan fingerprint density at radius 3 is 2.32 bits per heavy atom. The van der Waals surface area contributed by atoms with E-state index < -0.39 is 51.6 Å². The van der Waals surface area contributed by atoms with Gasteiger partial charge >= 0.3 is 0 Å². The van der Waals surface area contributed by atoms with E-state index in [9.17, 15) is 35.2 Å². The SMILES string of the molecule is CC(C)C1(C(=O)[O-])C(C)NC(C#N)C(C)(C(=O)[O-])C1c1cccc([N+](=O)[O-])c1. The Hall–Kier alpha value is -2.99. The molecule has 0 aromatic heterocycles. The van der Waals surface area contributed by atoms with Crippen LogP contribution in [0.5, 0.6) is 0 Å². The number of non-ortho nitro benzene ring substituents is 1. The van der Waals surface area contributed by atoms with Crippen LogP contribution in [0.25, 0.3) is 0 Å². The molecular weight excluding hydrogens is 366 g/mol. The molecule has 5 atom stereocenters. The third kappa shape index (κ3) is 2.81. The Kier molecular flexibility index (Phi) is 5.48. The number of carbonyl (C=O) groups is 2. The van der Waals surface area contributed by atoms with Crippen LogP contribution < -0.4 is 15.5 Å². The Morgan fingerprint density at radius 2 is 1.89 bits per heavy atom. The zero-order valence-corrected chi connectivity index (χ0v) is 16.0. The number of hydrogen-bond donors (Lipinski definition) is 1. The fourth-order valence-corrected chi connectivity index (χ4v) is 4.68. The highest BCUT2D eigenvalue weighted by Gasteiger charge is 2.62. The number of nitrogens with zero attached hydrogens (tertiary/aromatic N) is 2. The molecule has 150 valence electrons. The van der Waals surface area contributed by atoms with Gasteiger partial charge < -0.3 is 19.8 Å². The summed E-state index contributed by atoms with van der Waals surface area (Å²) in [6.45, 7) is 6.00. The number of hydrogen-bond acceptors (Lipinski definition) is 8. The maximum absolute atomic E-state index is 12.5. The third-order valence-corrected chi connectivity index (χ3v) is 6.10. The van der Waals surface area contributed by atoms with Crippen LogP contribution in [0.2, 0.25) is 0 Å². The Balaban J connectivity index is 2.95. The second-order valence-corrected chi connectivity index (χ2v) is 7.68. The number of carboxylic acid groups (broad SMARTS) is 2. The van der Waals surface area contributed by atoms with E-state index in [0.717, 1.165) is 6.07 Å². The van der Waals surface area contributed by atoms with Gasteiger partial charge in [0.05, 0.1) is 22.9 Å². The van der Waals surface area contributed by atoms with E-state index in [0.29, 0.717) is 0 Å². The zero-order chi connectivity index (χ0) is 21.4. The van der Waals surface area contributed by atoms with Crippen molar-refractivity contribution < 1.29 is 24.7 Å². The van der Waals surface area contributed by atoms with Crippen molar-refractivity contribution in [2.45, 2.75) is 45.7 Å². The predicted molar refractivity (Wildman–Crippen MR) is 93.2 cm³/mol. The number of piperidine rings is 1. The first-order valence-corrected chi connectivity index (χ1v) is 8.78. The van der Waals surface area contributed by atoms with Crippen molar-refractivity contribution >= 4 is 17.6 Å². The fraction of sp³-hybridized carbons (Fsp3) is 0.526. The second kappa shape index (κ2) is 7.20. The van der Waals surface area contributed by atoms with Crippen LogP contribution in [0.3, 0.4) is 0 Å². The molecule has 0 bridgehead atoms. The second-order valence-electron chi connectivity index (χ2n) is 7.68. The van der Waals surface area contributed by atoms with E-state index in [2.05, 4.69) is 5.32 Å². The van der Waals surface area contributed by atoms with Crippen LogP contribution in [-0.4, -0.2) is 28.9 Å². The maximum atomic E-state index is 12.5. The highest BCUT2D eigenvalue weighted by Crippen LogP contribution is 2.57. The molecule has 1 aromatic rings. The van der Waals surface area contributed by atoms with Gasteiger partial charge in [0.25, 0.3) is 5.69 Å². The number of carbonyl (C=O) groups excluding carboxylic acids is 2. The lowest BCUT2D eigenvalue weighted by Crippen LogP contribution is -2.73. The minimum absolute atomic E-state index is 0.132. The molecule has 0 radical (unpaired) electrons. The van der Waals surface area contributed by atoms with Gasteiger partial charge in [0.15, 0.2) is 0 Å². The largest absolute Gasteiger partial charge is 0.549 e. The Bertz CT molecular complexity index is 863. The number of rotatable bonds is 5.